The minimum atomic E-state index is -0.431. The number of carbonyl (C=O) groups excluding carboxylic acids is 2. The molecule has 0 radical (unpaired) electrons. The molecule has 170 valence electrons. The van der Waals surface area contributed by atoms with Gasteiger partial charge in [0.15, 0.2) is 0 Å². The highest BCUT2D eigenvalue weighted by Gasteiger charge is 2.27. The number of Topliss-reactive ketones (excluding diaryl/α,β-unsaturated/α-hetero) is 1. The Bertz CT molecular complexity index is 1110. The normalized spacial score (nSPS) is 13.5. The fraction of sp³-hybridized carbons (Fsp3) is 0.360. The summed E-state index contributed by atoms with van der Waals surface area (Å²) in [5.74, 6) is -0.337. The van der Waals surface area contributed by atoms with Crippen molar-refractivity contribution in [1.82, 2.24) is 4.90 Å². The van der Waals surface area contributed by atoms with Crippen LogP contribution in [-0.2, 0) is 30.6 Å². The average molecular weight is 473 g/mol. The number of hydrogen-bond donors (Lipinski definition) is 2. The third kappa shape index (κ3) is 5.56. The SMILES string of the molecule is Cl.NC(=O)c1c(CC(=O)Cc2ccc3ccccc3c2)sc2c1CCN(CCCCO)C2. The molecule has 0 spiro atoms. The molecular weight excluding hydrogens is 444 g/mol. The maximum atomic E-state index is 12.9. The highest BCUT2D eigenvalue weighted by Crippen LogP contribution is 2.34. The van der Waals surface area contributed by atoms with Crippen LogP contribution in [-0.4, -0.2) is 41.4 Å². The van der Waals surface area contributed by atoms with E-state index in [0.717, 1.165) is 70.6 Å². The zero-order valence-corrected chi connectivity index (χ0v) is 19.6. The molecule has 0 aliphatic carbocycles. The van der Waals surface area contributed by atoms with Gasteiger partial charge in [0.05, 0.1) is 5.56 Å². The highest BCUT2D eigenvalue weighted by atomic mass is 35.5. The van der Waals surface area contributed by atoms with Crippen LogP contribution in [0.25, 0.3) is 10.8 Å². The van der Waals surface area contributed by atoms with E-state index in [-0.39, 0.29) is 31.2 Å². The zero-order chi connectivity index (χ0) is 21.8. The van der Waals surface area contributed by atoms with Crippen LogP contribution < -0.4 is 5.73 Å². The first-order chi connectivity index (χ1) is 15.0. The molecule has 2 heterocycles. The standard InChI is InChI=1S/C25H28N2O3S.ClH/c26-25(30)24-21-9-11-27(10-3-4-12-28)16-23(21)31-22(24)15-20(29)14-17-7-8-18-5-1-2-6-19(18)13-17;/h1-2,5-8,13,28H,3-4,9-12,14-16H2,(H2,26,30);1H. The molecule has 5 nitrogen and oxygen atoms in total. The number of amides is 1. The number of halogens is 1. The summed E-state index contributed by atoms with van der Waals surface area (Å²) >= 11 is 1.56. The Morgan fingerprint density at radius 3 is 2.59 bits per heavy atom. The van der Waals surface area contributed by atoms with Crippen molar-refractivity contribution >= 4 is 46.2 Å². The van der Waals surface area contributed by atoms with Crippen molar-refractivity contribution in [3.05, 3.63) is 68.9 Å². The quantitative estimate of drug-likeness (QED) is 0.462. The van der Waals surface area contributed by atoms with Crippen LogP contribution in [0.5, 0.6) is 0 Å². The Kier molecular flexibility index (Phi) is 8.43. The second kappa shape index (κ2) is 11.1. The van der Waals surface area contributed by atoms with Gasteiger partial charge in [0.25, 0.3) is 0 Å². The molecule has 7 heteroatoms. The second-order valence-corrected chi connectivity index (χ2v) is 9.39. The van der Waals surface area contributed by atoms with Gasteiger partial charge in [-0.05, 0) is 47.7 Å². The van der Waals surface area contributed by atoms with Gasteiger partial charge >= 0.3 is 0 Å². The molecule has 0 fully saturated rings. The molecule has 0 saturated heterocycles. The summed E-state index contributed by atoms with van der Waals surface area (Å²) in [7, 11) is 0. The Balaban J connectivity index is 0.00000289. The molecule has 4 rings (SSSR count). The lowest BCUT2D eigenvalue weighted by atomic mass is 9.97. The number of nitrogens with zero attached hydrogens (tertiary/aromatic N) is 1. The first-order valence-electron chi connectivity index (χ1n) is 10.8. The van der Waals surface area contributed by atoms with Crippen molar-refractivity contribution in [1.29, 1.82) is 0 Å². The molecule has 1 aromatic heterocycles. The van der Waals surface area contributed by atoms with Gasteiger partial charge in [-0.2, -0.15) is 0 Å². The van der Waals surface area contributed by atoms with Crippen molar-refractivity contribution in [2.75, 3.05) is 19.7 Å². The van der Waals surface area contributed by atoms with Crippen molar-refractivity contribution in [3.8, 4) is 0 Å². The van der Waals surface area contributed by atoms with Gasteiger partial charge in [0.1, 0.15) is 5.78 Å². The molecule has 0 saturated carbocycles. The number of nitrogens with two attached hydrogens (primary N) is 1. The van der Waals surface area contributed by atoms with Crippen LogP contribution in [0.15, 0.2) is 42.5 Å². The van der Waals surface area contributed by atoms with E-state index in [2.05, 4.69) is 17.0 Å². The van der Waals surface area contributed by atoms with Gasteiger partial charge in [-0.3, -0.25) is 14.5 Å². The average Bonchev–Trinajstić information content (AvgIpc) is 3.11. The largest absolute Gasteiger partial charge is 0.396 e. The summed E-state index contributed by atoms with van der Waals surface area (Å²) in [6.07, 6.45) is 3.13. The summed E-state index contributed by atoms with van der Waals surface area (Å²) < 4.78 is 0. The number of primary amides is 1. The predicted octanol–water partition coefficient (Wildman–Crippen LogP) is 3.91. The molecule has 0 unspecified atom stereocenters. The van der Waals surface area contributed by atoms with Crippen molar-refractivity contribution in [2.45, 2.75) is 38.6 Å². The molecule has 3 N–H and O–H groups in total. The van der Waals surface area contributed by atoms with E-state index in [4.69, 9.17) is 10.8 Å². The molecule has 2 aromatic carbocycles. The number of benzene rings is 2. The van der Waals surface area contributed by atoms with E-state index in [0.29, 0.717) is 12.0 Å². The Morgan fingerprint density at radius 1 is 1.06 bits per heavy atom. The number of aliphatic hydroxyl groups is 1. The van der Waals surface area contributed by atoms with Crippen LogP contribution in [0.4, 0.5) is 0 Å². The summed E-state index contributed by atoms with van der Waals surface area (Å²) in [5, 5.41) is 11.3. The van der Waals surface area contributed by atoms with E-state index in [1.54, 1.807) is 11.3 Å². The summed E-state index contributed by atoms with van der Waals surface area (Å²) in [4.78, 5) is 29.4. The van der Waals surface area contributed by atoms with Gasteiger partial charge in [-0.15, -0.1) is 23.7 Å². The van der Waals surface area contributed by atoms with Gasteiger partial charge in [0.2, 0.25) is 5.91 Å². The lowest BCUT2D eigenvalue weighted by molar-refractivity contribution is -0.117. The van der Waals surface area contributed by atoms with Gasteiger partial charge in [0, 0.05) is 42.3 Å². The van der Waals surface area contributed by atoms with Gasteiger partial charge < -0.3 is 10.8 Å². The lowest BCUT2D eigenvalue weighted by Gasteiger charge is -2.26. The molecule has 1 aliphatic rings. The monoisotopic (exact) mass is 472 g/mol. The third-order valence-corrected chi connectivity index (χ3v) is 7.13. The topological polar surface area (TPSA) is 83.6 Å². The summed E-state index contributed by atoms with van der Waals surface area (Å²) in [5.41, 5.74) is 8.31. The first kappa shape index (κ1) is 24.4. The third-order valence-electron chi connectivity index (χ3n) is 5.91. The molecule has 0 bridgehead atoms. The Hall–Kier alpha value is -2.25. The van der Waals surface area contributed by atoms with Crippen molar-refractivity contribution in [3.63, 3.8) is 0 Å². The van der Waals surface area contributed by atoms with Crippen LogP contribution in [0.1, 0.15) is 44.1 Å². The maximum Gasteiger partial charge on any atom is 0.250 e. The second-order valence-electron chi connectivity index (χ2n) is 8.20. The van der Waals surface area contributed by atoms with Crippen LogP contribution in [0, 0.1) is 0 Å². The number of ketones is 1. The van der Waals surface area contributed by atoms with Crippen LogP contribution in [0.2, 0.25) is 0 Å². The molecule has 32 heavy (non-hydrogen) atoms. The number of unbranched alkanes of at least 4 members (excludes halogenated alkanes) is 1. The predicted molar refractivity (Wildman–Crippen MR) is 132 cm³/mol. The fourth-order valence-corrected chi connectivity index (χ4v) is 5.81. The molecular formula is C25H29ClN2O3S. The van der Waals surface area contributed by atoms with E-state index in [1.165, 1.54) is 0 Å². The number of rotatable bonds is 9. The minimum absolute atomic E-state index is 0. The van der Waals surface area contributed by atoms with Gasteiger partial charge in [-0.1, -0.05) is 42.5 Å². The molecule has 1 aliphatic heterocycles. The van der Waals surface area contributed by atoms with Crippen molar-refractivity contribution in [2.24, 2.45) is 5.73 Å². The summed E-state index contributed by atoms with van der Waals surface area (Å²) in [6, 6.07) is 14.2. The minimum Gasteiger partial charge on any atom is -0.396 e. The molecule has 1 amide bonds. The maximum absolute atomic E-state index is 12.9. The lowest BCUT2D eigenvalue weighted by Crippen LogP contribution is -2.31. The number of thiophene rings is 1. The molecule has 3 aromatic rings. The van der Waals surface area contributed by atoms with E-state index >= 15 is 0 Å². The van der Waals surface area contributed by atoms with E-state index < -0.39 is 5.91 Å². The van der Waals surface area contributed by atoms with Crippen LogP contribution in [0.3, 0.4) is 0 Å². The van der Waals surface area contributed by atoms with Crippen LogP contribution >= 0.6 is 23.7 Å². The van der Waals surface area contributed by atoms with Gasteiger partial charge in [-0.25, -0.2) is 0 Å². The molecule has 0 atom stereocenters. The number of fused-ring (bicyclic) bond motifs is 2. The first-order valence-corrected chi connectivity index (χ1v) is 11.6. The van der Waals surface area contributed by atoms with E-state index in [1.807, 2.05) is 30.3 Å². The Morgan fingerprint density at radius 2 is 1.84 bits per heavy atom. The summed E-state index contributed by atoms with van der Waals surface area (Å²) in [6.45, 7) is 2.80. The number of hydrogen-bond acceptors (Lipinski definition) is 5. The highest BCUT2D eigenvalue weighted by molar-refractivity contribution is 7.12. The van der Waals surface area contributed by atoms with E-state index in [9.17, 15) is 9.59 Å². The number of aliphatic hydroxyl groups excluding tert-OH is 1. The zero-order valence-electron chi connectivity index (χ0n) is 18.0. The van der Waals surface area contributed by atoms with Crippen molar-refractivity contribution < 1.29 is 14.7 Å². The fourth-order valence-electron chi connectivity index (χ4n) is 4.38. The Labute approximate surface area is 198 Å². The smallest absolute Gasteiger partial charge is 0.250 e. The number of carbonyl (C=O) groups is 2.